The van der Waals surface area contributed by atoms with Gasteiger partial charge in [-0.2, -0.15) is 4.31 Å². The van der Waals surface area contributed by atoms with Crippen LogP contribution in [0.5, 0.6) is 0 Å². The normalized spacial score (nSPS) is 27.0. The molecule has 2 rings (SSSR count). The van der Waals surface area contributed by atoms with Gasteiger partial charge in [-0.05, 0) is 25.1 Å². The molecule has 21 heavy (non-hydrogen) atoms. The summed E-state index contributed by atoms with van der Waals surface area (Å²) in [6.45, 7) is 0.963. The Balaban J connectivity index is 2.55. The van der Waals surface area contributed by atoms with Crippen molar-refractivity contribution in [2.45, 2.75) is 29.9 Å². The molecule has 2 atom stereocenters. The van der Waals surface area contributed by atoms with Crippen molar-refractivity contribution in [3.63, 3.8) is 0 Å². The number of sulfonamides is 1. The Labute approximate surface area is 131 Å². The molecule has 0 aromatic heterocycles. The third kappa shape index (κ3) is 2.89. The van der Waals surface area contributed by atoms with E-state index in [1.54, 1.807) is 0 Å². The number of carbonyl (C=O) groups is 1. The molecule has 1 fully saturated rings. The first-order valence-corrected chi connectivity index (χ1v) is 8.17. The van der Waals surface area contributed by atoms with Gasteiger partial charge in [0.05, 0.1) is 11.0 Å². The lowest BCUT2D eigenvalue weighted by Gasteiger charge is -2.29. The minimum atomic E-state index is -4.15. The fraction of sp³-hybridized carbons (Fsp3) is 0.417. The summed E-state index contributed by atoms with van der Waals surface area (Å²) in [6.07, 6.45) is -1.23. The van der Waals surface area contributed by atoms with Gasteiger partial charge in [0.2, 0.25) is 10.0 Å². The maximum absolute atomic E-state index is 12.6. The van der Waals surface area contributed by atoms with Gasteiger partial charge in [0.15, 0.2) is 0 Å². The second-order valence-electron chi connectivity index (χ2n) is 5.08. The minimum Gasteiger partial charge on any atom is -0.480 e. The number of aliphatic hydroxyl groups is 1. The number of aliphatic carboxylic acids is 1. The Bertz CT molecular complexity index is 673. The number of aliphatic hydroxyl groups excluding tert-OH is 1. The van der Waals surface area contributed by atoms with Gasteiger partial charge in [0.1, 0.15) is 5.54 Å². The van der Waals surface area contributed by atoms with Gasteiger partial charge in [0.25, 0.3) is 0 Å². The van der Waals surface area contributed by atoms with Crippen molar-refractivity contribution in [2.75, 3.05) is 6.54 Å². The molecule has 0 saturated carbocycles. The lowest BCUT2D eigenvalue weighted by molar-refractivity contribution is -0.146. The van der Waals surface area contributed by atoms with E-state index in [1.807, 2.05) is 0 Å². The third-order valence-electron chi connectivity index (χ3n) is 3.44. The smallest absolute Gasteiger partial charge is 0.324 e. The zero-order valence-corrected chi connectivity index (χ0v) is 13.3. The van der Waals surface area contributed by atoms with Crippen molar-refractivity contribution in [1.29, 1.82) is 0 Å². The molecule has 1 saturated heterocycles. The predicted octanol–water partition coefficient (Wildman–Crippen LogP) is 1.59. The molecule has 1 aromatic rings. The predicted molar refractivity (Wildman–Crippen MR) is 77.0 cm³/mol. The van der Waals surface area contributed by atoms with Crippen LogP contribution in [0.15, 0.2) is 23.1 Å². The van der Waals surface area contributed by atoms with Crippen molar-refractivity contribution in [3.8, 4) is 0 Å². The largest absolute Gasteiger partial charge is 0.480 e. The monoisotopic (exact) mass is 353 g/mol. The molecule has 1 aromatic carbocycles. The minimum absolute atomic E-state index is 0.123. The number of carboxylic acid groups (broad SMARTS) is 1. The summed E-state index contributed by atoms with van der Waals surface area (Å²) < 4.78 is 26.1. The summed E-state index contributed by atoms with van der Waals surface area (Å²) in [5, 5.41) is 19.2. The standard InChI is InChI=1S/C12H13Cl2NO5S/c1-12(11(17)18)5-9(16)6-15(12)21(19,20)10-3-7(13)2-8(14)4-10/h2-4,9,16H,5-6H2,1H3,(H,17,18)/t9-,12+/m1/s1. The van der Waals surface area contributed by atoms with Gasteiger partial charge < -0.3 is 10.2 Å². The van der Waals surface area contributed by atoms with Crippen LogP contribution >= 0.6 is 23.2 Å². The van der Waals surface area contributed by atoms with E-state index in [9.17, 15) is 23.4 Å². The molecule has 0 amide bonds. The first kappa shape index (κ1) is 16.5. The first-order valence-electron chi connectivity index (χ1n) is 5.98. The molecule has 0 unspecified atom stereocenters. The van der Waals surface area contributed by atoms with Gasteiger partial charge >= 0.3 is 5.97 Å². The van der Waals surface area contributed by atoms with Crippen LogP contribution in [0.2, 0.25) is 10.0 Å². The van der Waals surface area contributed by atoms with E-state index in [0.717, 1.165) is 4.31 Å². The first-order chi connectivity index (χ1) is 9.57. The fourth-order valence-corrected chi connectivity index (χ4v) is 4.89. The van der Waals surface area contributed by atoms with E-state index < -0.39 is 27.6 Å². The zero-order valence-electron chi connectivity index (χ0n) is 11.0. The van der Waals surface area contributed by atoms with Crippen molar-refractivity contribution in [3.05, 3.63) is 28.2 Å². The maximum Gasteiger partial charge on any atom is 0.324 e. The van der Waals surface area contributed by atoms with Gasteiger partial charge in [-0.1, -0.05) is 23.2 Å². The highest BCUT2D eigenvalue weighted by molar-refractivity contribution is 7.89. The average molecular weight is 354 g/mol. The van der Waals surface area contributed by atoms with Crippen LogP contribution in [0.25, 0.3) is 0 Å². The number of carboxylic acids is 1. The zero-order chi connectivity index (χ0) is 16.0. The van der Waals surface area contributed by atoms with Crippen LogP contribution in [0.1, 0.15) is 13.3 Å². The molecular formula is C12H13Cl2NO5S. The number of nitrogens with zero attached hydrogens (tertiary/aromatic N) is 1. The van der Waals surface area contributed by atoms with Crippen LogP contribution in [0.4, 0.5) is 0 Å². The molecule has 0 aliphatic carbocycles. The van der Waals surface area contributed by atoms with Crippen molar-refractivity contribution in [2.24, 2.45) is 0 Å². The highest BCUT2D eigenvalue weighted by atomic mass is 35.5. The Kier molecular flexibility index (Phi) is 4.25. The molecule has 0 bridgehead atoms. The summed E-state index contributed by atoms with van der Waals surface area (Å²) >= 11 is 11.6. The number of hydrogen-bond acceptors (Lipinski definition) is 4. The summed E-state index contributed by atoms with van der Waals surface area (Å²) in [5.74, 6) is -1.32. The lowest BCUT2D eigenvalue weighted by atomic mass is 10.0. The van der Waals surface area contributed by atoms with E-state index in [0.29, 0.717) is 0 Å². The second kappa shape index (κ2) is 5.40. The van der Waals surface area contributed by atoms with Crippen LogP contribution in [-0.4, -0.2) is 47.1 Å². The number of halogens is 2. The molecule has 1 heterocycles. The van der Waals surface area contributed by atoms with Crippen molar-refractivity contribution < 1.29 is 23.4 Å². The third-order valence-corrected chi connectivity index (χ3v) is 5.85. The molecule has 9 heteroatoms. The molecule has 1 aliphatic heterocycles. The van der Waals surface area contributed by atoms with Crippen molar-refractivity contribution >= 4 is 39.2 Å². The van der Waals surface area contributed by atoms with E-state index in [4.69, 9.17) is 23.2 Å². The summed E-state index contributed by atoms with van der Waals surface area (Å²) in [4.78, 5) is 11.2. The molecule has 1 aliphatic rings. The fourth-order valence-electron chi connectivity index (χ4n) is 2.38. The van der Waals surface area contributed by atoms with Crippen LogP contribution in [0.3, 0.4) is 0 Å². The van der Waals surface area contributed by atoms with E-state index in [-0.39, 0.29) is 27.9 Å². The molecule has 116 valence electrons. The average Bonchev–Trinajstić information content (AvgIpc) is 2.65. The maximum atomic E-state index is 12.6. The number of β-amino-alcohol motifs (C(OH)–C–C–N with tert-alkyl or cyclic N) is 1. The topological polar surface area (TPSA) is 94.9 Å². The Morgan fingerprint density at radius 3 is 2.33 bits per heavy atom. The molecule has 0 spiro atoms. The van der Waals surface area contributed by atoms with Crippen LogP contribution in [0, 0.1) is 0 Å². The number of benzene rings is 1. The van der Waals surface area contributed by atoms with E-state index in [2.05, 4.69) is 0 Å². The number of hydrogen-bond donors (Lipinski definition) is 2. The highest BCUT2D eigenvalue weighted by Gasteiger charge is 2.53. The molecule has 0 radical (unpaired) electrons. The quantitative estimate of drug-likeness (QED) is 0.860. The van der Waals surface area contributed by atoms with Crippen LogP contribution in [-0.2, 0) is 14.8 Å². The highest BCUT2D eigenvalue weighted by Crippen LogP contribution is 2.36. The summed E-state index contributed by atoms with van der Waals surface area (Å²) in [6, 6.07) is 3.75. The van der Waals surface area contributed by atoms with E-state index in [1.165, 1.54) is 25.1 Å². The summed E-state index contributed by atoms with van der Waals surface area (Å²) in [5.41, 5.74) is -1.72. The number of rotatable bonds is 3. The summed E-state index contributed by atoms with van der Waals surface area (Å²) in [7, 11) is -4.15. The Hall–Kier alpha value is -0.860. The lowest BCUT2D eigenvalue weighted by Crippen LogP contribution is -2.50. The Morgan fingerprint density at radius 1 is 1.33 bits per heavy atom. The van der Waals surface area contributed by atoms with Gasteiger partial charge in [0, 0.05) is 23.0 Å². The SMILES string of the molecule is C[C@@]1(C(=O)O)C[C@@H](O)CN1S(=O)(=O)c1cc(Cl)cc(Cl)c1. The van der Waals surface area contributed by atoms with Gasteiger partial charge in [-0.15, -0.1) is 0 Å². The molecular weight excluding hydrogens is 341 g/mol. The molecule has 6 nitrogen and oxygen atoms in total. The van der Waals surface area contributed by atoms with Crippen LogP contribution < -0.4 is 0 Å². The van der Waals surface area contributed by atoms with E-state index >= 15 is 0 Å². The van der Waals surface area contributed by atoms with Crippen molar-refractivity contribution in [1.82, 2.24) is 4.31 Å². The van der Waals surface area contributed by atoms with Gasteiger partial charge in [-0.25, -0.2) is 8.42 Å². The van der Waals surface area contributed by atoms with Gasteiger partial charge in [-0.3, -0.25) is 4.79 Å². The second-order valence-corrected chi connectivity index (χ2v) is 7.81. The Morgan fingerprint density at radius 2 is 1.86 bits per heavy atom. The molecule has 2 N–H and O–H groups in total.